The summed E-state index contributed by atoms with van der Waals surface area (Å²) in [6.07, 6.45) is 0.787. The molecule has 1 heterocycles. The molecule has 0 bridgehead atoms. The van der Waals surface area contributed by atoms with E-state index in [1.165, 1.54) is 18.2 Å². The molecule has 1 fully saturated rings. The Morgan fingerprint density at radius 1 is 1.24 bits per heavy atom. The van der Waals surface area contributed by atoms with E-state index in [1.54, 1.807) is 18.2 Å². The first-order chi connectivity index (χ1) is 11.9. The zero-order valence-corrected chi connectivity index (χ0v) is 14.1. The summed E-state index contributed by atoms with van der Waals surface area (Å²) in [5, 5.41) is 31.8. The molecular weight excluding hydrogens is 342 g/mol. The van der Waals surface area contributed by atoms with Crippen LogP contribution in [-0.2, 0) is 5.60 Å². The summed E-state index contributed by atoms with van der Waals surface area (Å²) in [5.41, 5.74) is 0.354. The van der Waals surface area contributed by atoms with Crippen LogP contribution in [0.4, 0.5) is 11.4 Å². The summed E-state index contributed by atoms with van der Waals surface area (Å²) >= 11 is 6.21. The zero-order chi connectivity index (χ0) is 18.0. The number of nitriles is 1. The van der Waals surface area contributed by atoms with Gasteiger partial charge < -0.3 is 10.0 Å². The lowest BCUT2D eigenvalue weighted by atomic mass is 9.84. The smallest absolute Gasteiger partial charge is 0.292 e. The molecule has 0 aliphatic carbocycles. The number of nitro groups is 1. The molecule has 3 rings (SSSR count). The van der Waals surface area contributed by atoms with Gasteiger partial charge in [0.1, 0.15) is 5.69 Å². The number of nitrogens with zero attached hydrogens (tertiary/aromatic N) is 3. The Bertz CT molecular complexity index is 855. The minimum Gasteiger partial charge on any atom is -0.385 e. The molecule has 0 atom stereocenters. The molecule has 0 aromatic heterocycles. The second-order valence-corrected chi connectivity index (χ2v) is 6.48. The molecule has 6 nitrogen and oxygen atoms in total. The van der Waals surface area contributed by atoms with Crippen molar-refractivity contribution in [2.45, 2.75) is 18.4 Å². The highest BCUT2D eigenvalue weighted by Gasteiger charge is 2.36. The average Bonchev–Trinajstić information content (AvgIpc) is 2.62. The van der Waals surface area contributed by atoms with Crippen LogP contribution in [0, 0.1) is 21.4 Å². The first-order valence-electron chi connectivity index (χ1n) is 7.85. The van der Waals surface area contributed by atoms with Crippen LogP contribution in [0.5, 0.6) is 0 Å². The lowest BCUT2D eigenvalue weighted by molar-refractivity contribution is -0.384. The van der Waals surface area contributed by atoms with Crippen molar-refractivity contribution in [2.24, 2.45) is 0 Å². The van der Waals surface area contributed by atoms with Gasteiger partial charge in [0, 0.05) is 29.7 Å². The molecule has 0 saturated carbocycles. The molecule has 0 radical (unpaired) electrons. The number of rotatable bonds is 3. The topological polar surface area (TPSA) is 90.4 Å². The number of piperidine rings is 1. The van der Waals surface area contributed by atoms with Crippen molar-refractivity contribution in [2.75, 3.05) is 18.0 Å². The zero-order valence-electron chi connectivity index (χ0n) is 13.4. The Labute approximate surface area is 150 Å². The van der Waals surface area contributed by atoms with Crippen molar-refractivity contribution in [3.63, 3.8) is 0 Å². The molecule has 1 saturated heterocycles. The quantitative estimate of drug-likeness (QED) is 0.669. The van der Waals surface area contributed by atoms with Gasteiger partial charge in [0.05, 0.1) is 22.2 Å². The minimum absolute atomic E-state index is 0.0396. The molecule has 2 aromatic rings. The van der Waals surface area contributed by atoms with E-state index >= 15 is 0 Å². The molecule has 0 amide bonds. The predicted octanol–water partition coefficient (Wildman–Crippen LogP) is 3.61. The van der Waals surface area contributed by atoms with Gasteiger partial charge in [0.2, 0.25) is 0 Å². The van der Waals surface area contributed by atoms with Crippen LogP contribution >= 0.6 is 11.6 Å². The van der Waals surface area contributed by atoms with Crippen LogP contribution in [0.3, 0.4) is 0 Å². The summed E-state index contributed by atoms with van der Waals surface area (Å²) in [6.45, 7) is 0.856. The number of hydrogen-bond acceptors (Lipinski definition) is 5. The van der Waals surface area contributed by atoms with Crippen molar-refractivity contribution < 1.29 is 10.0 Å². The van der Waals surface area contributed by atoms with Crippen LogP contribution in [-0.4, -0.2) is 23.1 Å². The second kappa shape index (κ2) is 6.71. The van der Waals surface area contributed by atoms with Crippen LogP contribution in [0.1, 0.15) is 24.0 Å². The molecule has 25 heavy (non-hydrogen) atoms. The second-order valence-electron chi connectivity index (χ2n) is 6.07. The predicted molar refractivity (Wildman–Crippen MR) is 94.6 cm³/mol. The van der Waals surface area contributed by atoms with E-state index in [2.05, 4.69) is 0 Å². The third kappa shape index (κ3) is 3.29. The summed E-state index contributed by atoms with van der Waals surface area (Å²) < 4.78 is 0. The van der Waals surface area contributed by atoms with Gasteiger partial charge in [-0.15, -0.1) is 0 Å². The summed E-state index contributed by atoms with van der Waals surface area (Å²) in [7, 11) is 0. The molecule has 0 unspecified atom stereocenters. The van der Waals surface area contributed by atoms with Gasteiger partial charge in [-0.05, 0) is 31.0 Å². The van der Waals surface area contributed by atoms with Crippen LogP contribution in [0.25, 0.3) is 0 Å². The van der Waals surface area contributed by atoms with Crippen molar-refractivity contribution >= 4 is 23.0 Å². The van der Waals surface area contributed by atoms with E-state index in [9.17, 15) is 15.2 Å². The van der Waals surface area contributed by atoms with E-state index in [0.29, 0.717) is 47.8 Å². The highest BCUT2D eigenvalue weighted by Crippen LogP contribution is 2.39. The van der Waals surface area contributed by atoms with Gasteiger partial charge in [0.25, 0.3) is 5.69 Å². The van der Waals surface area contributed by atoms with Crippen molar-refractivity contribution in [1.82, 2.24) is 0 Å². The summed E-state index contributed by atoms with van der Waals surface area (Å²) in [5.74, 6) is 0. The fourth-order valence-corrected chi connectivity index (χ4v) is 3.54. The Hall–Kier alpha value is -2.62. The molecule has 1 aliphatic rings. The summed E-state index contributed by atoms with van der Waals surface area (Å²) in [6, 6.07) is 13.5. The van der Waals surface area contributed by atoms with Gasteiger partial charge >= 0.3 is 0 Å². The van der Waals surface area contributed by atoms with Crippen molar-refractivity contribution in [3.05, 3.63) is 68.7 Å². The molecule has 7 heteroatoms. The fourth-order valence-electron chi connectivity index (χ4n) is 3.23. The molecule has 2 aromatic carbocycles. The van der Waals surface area contributed by atoms with E-state index in [4.69, 9.17) is 16.9 Å². The third-order valence-electron chi connectivity index (χ3n) is 4.61. The maximum absolute atomic E-state index is 11.3. The lowest BCUT2D eigenvalue weighted by Gasteiger charge is -2.39. The van der Waals surface area contributed by atoms with E-state index in [0.717, 1.165) is 0 Å². The largest absolute Gasteiger partial charge is 0.385 e. The number of nitro benzene ring substituents is 1. The Kier molecular flexibility index (Phi) is 4.62. The number of anilines is 1. The Balaban J connectivity index is 1.87. The van der Waals surface area contributed by atoms with E-state index in [-0.39, 0.29) is 5.69 Å². The first-order valence-corrected chi connectivity index (χ1v) is 8.23. The maximum atomic E-state index is 11.3. The van der Waals surface area contributed by atoms with Crippen LogP contribution < -0.4 is 4.90 Å². The normalized spacial score (nSPS) is 16.3. The van der Waals surface area contributed by atoms with Gasteiger partial charge in [-0.3, -0.25) is 10.1 Å². The Morgan fingerprint density at radius 2 is 1.92 bits per heavy atom. The van der Waals surface area contributed by atoms with Crippen molar-refractivity contribution in [3.8, 4) is 6.07 Å². The number of aliphatic hydroxyl groups is 1. The van der Waals surface area contributed by atoms with Crippen LogP contribution in [0.15, 0.2) is 42.5 Å². The number of halogens is 1. The first kappa shape index (κ1) is 17.2. The van der Waals surface area contributed by atoms with Gasteiger partial charge in [-0.1, -0.05) is 29.8 Å². The van der Waals surface area contributed by atoms with Gasteiger partial charge in [0.15, 0.2) is 0 Å². The van der Waals surface area contributed by atoms with Crippen LogP contribution in [0.2, 0.25) is 5.02 Å². The maximum Gasteiger partial charge on any atom is 0.292 e. The third-order valence-corrected chi connectivity index (χ3v) is 4.94. The molecule has 128 valence electrons. The number of hydrogen-bond donors (Lipinski definition) is 1. The Morgan fingerprint density at radius 3 is 2.52 bits per heavy atom. The lowest BCUT2D eigenvalue weighted by Crippen LogP contribution is -2.43. The van der Waals surface area contributed by atoms with E-state index < -0.39 is 10.5 Å². The highest BCUT2D eigenvalue weighted by molar-refractivity contribution is 6.31. The SMILES string of the molecule is N#Cc1ccc([N+](=O)[O-])c(N2CCC(O)(c3ccccc3Cl)CC2)c1. The fraction of sp³-hybridized carbons (Fsp3) is 0.278. The summed E-state index contributed by atoms with van der Waals surface area (Å²) in [4.78, 5) is 12.7. The average molecular weight is 358 g/mol. The highest BCUT2D eigenvalue weighted by atomic mass is 35.5. The molecule has 1 N–H and O–H groups in total. The van der Waals surface area contributed by atoms with Crippen molar-refractivity contribution in [1.29, 1.82) is 5.26 Å². The monoisotopic (exact) mass is 357 g/mol. The van der Waals surface area contributed by atoms with Gasteiger partial charge in [-0.25, -0.2) is 0 Å². The molecule has 1 aliphatic heterocycles. The molecular formula is C18H16ClN3O3. The standard InChI is InChI=1S/C18H16ClN3O3/c19-15-4-2-1-3-14(15)18(23)7-9-21(10-8-18)17-11-13(12-20)5-6-16(17)22(24)25/h1-6,11,23H,7-10H2. The van der Waals surface area contributed by atoms with Gasteiger partial charge in [-0.2, -0.15) is 5.26 Å². The minimum atomic E-state index is -1.06. The number of benzene rings is 2. The van der Waals surface area contributed by atoms with E-state index in [1.807, 2.05) is 17.0 Å². The molecule has 0 spiro atoms.